The molecule has 1 saturated heterocycles. The van der Waals surface area contributed by atoms with E-state index in [0.29, 0.717) is 35.1 Å². The van der Waals surface area contributed by atoms with Crippen LogP contribution >= 0.6 is 11.6 Å². The first-order valence-corrected chi connectivity index (χ1v) is 11.2. The second-order valence-electron chi connectivity index (χ2n) is 9.34. The van der Waals surface area contributed by atoms with Gasteiger partial charge in [0.25, 0.3) is 0 Å². The molecule has 31 heavy (non-hydrogen) atoms. The summed E-state index contributed by atoms with van der Waals surface area (Å²) in [6.45, 7) is 6.46. The monoisotopic (exact) mass is 443 g/mol. The third kappa shape index (κ3) is 3.46. The van der Waals surface area contributed by atoms with Crippen LogP contribution in [0.1, 0.15) is 44.9 Å². The molecule has 1 unspecified atom stereocenters. The summed E-state index contributed by atoms with van der Waals surface area (Å²) in [6.07, 6.45) is 5.14. The molecule has 0 radical (unpaired) electrons. The van der Waals surface area contributed by atoms with Gasteiger partial charge in [-0.05, 0) is 36.3 Å². The Balaban J connectivity index is 1.40. The maximum Gasteiger partial charge on any atom is 0.420 e. The Morgan fingerprint density at radius 3 is 2.87 bits per heavy atom. The average Bonchev–Trinajstić information content (AvgIpc) is 3.36. The molecule has 1 amide bonds. The molecule has 9 heteroatoms. The maximum atomic E-state index is 13.2. The minimum Gasteiger partial charge on any atom is -0.408 e. The summed E-state index contributed by atoms with van der Waals surface area (Å²) in [5.41, 5.74) is 1.03. The van der Waals surface area contributed by atoms with Gasteiger partial charge in [0.2, 0.25) is 5.91 Å². The van der Waals surface area contributed by atoms with Crippen molar-refractivity contribution in [3.05, 3.63) is 45.9 Å². The fraction of sp³-hybridized carbons (Fsp3) is 0.545. The summed E-state index contributed by atoms with van der Waals surface area (Å²) in [6, 6.07) is 5.00. The van der Waals surface area contributed by atoms with Gasteiger partial charge in [-0.15, -0.1) is 10.2 Å². The molecule has 1 atom stereocenters. The lowest BCUT2D eigenvalue weighted by molar-refractivity contribution is -0.131. The van der Waals surface area contributed by atoms with E-state index < -0.39 is 5.76 Å². The topological polar surface area (TPSA) is 86.2 Å². The fourth-order valence-electron chi connectivity index (χ4n) is 5.14. The van der Waals surface area contributed by atoms with Crippen LogP contribution in [0.25, 0.3) is 11.1 Å². The molecule has 1 spiro atoms. The smallest absolute Gasteiger partial charge is 0.408 e. The zero-order chi connectivity index (χ0) is 21.8. The second-order valence-corrected chi connectivity index (χ2v) is 9.78. The van der Waals surface area contributed by atoms with Gasteiger partial charge in [-0.1, -0.05) is 31.9 Å². The van der Waals surface area contributed by atoms with Crippen molar-refractivity contribution in [3.8, 4) is 0 Å². The highest BCUT2D eigenvalue weighted by Gasteiger charge is 2.53. The number of carbonyl (C=O) groups excluding carboxylic acids is 1. The molecule has 1 aliphatic carbocycles. The van der Waals surface area contributed by atoms with Crippen LogP contribution in [0.3, 0.4) is 0 Å². The highest BCUT2D eigenvalue weighted by molar-refractivity contribution is 6.31. The highest BCUT2D eigenvalue weighted by Crippen LogP contribution is 2.55. The Bertz CT molecular complexity index is 1190. The first-order chi connectivity index (χ1) is 14.9. The number of carbonyl (C=O) groups is 1. The van der Waals surface area contributed by atoms with Crippen LogP contribution in [0.2, 0.25) is 5.02 Å². The molecule has 2 fully saturated rings. The lowest BCUT2D eigenvalue weighted by atomic mass is 9.62. The Labute approximate surface area is 184 Å². The lowest BCUT2D eigenvalue weighted by Crippen LogP contribution is -2.39. The summed E-state index contributed by atoms with van der Waals surface area (Å²) in [5, 5.41) is 9.11. The highest BCUT2D eigenvalue weighted by atomic mass is 35.5. The summed E-state index contributed by atoms with van der Waals surface area (Å²) >= 11 is 5.99. The molecule has 164 valence electrons. The molecular formula is C22H26ClN5O3. The van der Waals surface area contributed by atoms with Gasteiger partial charge in [-0.25, -0.2) is 4.79 Å². The van der Waals surface area contributed by atoms with Crippen LogP contribution in [0, 0.1) is 11.3 Å². The number of hydrogen-bond donors (Lipinski definition) is 0. The van der Waals surface area contributed by atoms with E-state index in [9.17, 15) is 9.59 Å². The molecule has 0 bridgehead atoms. The van der Waals surface area contributed by atoms with Crippen LogP contribution in [0.15, 0.2) is 33.7 Å². The summed E-state index contributed by atoms with van der Waals surface area (Å²) in [5.74, 6) is 1.01. The Kier molecular flexibility index (Phi) is 4.92. The SMILES string of the molecule is CC(C)Cn1cnnc1C1CN(C(=O)Cn2c(=O)oc3cc(Cl)ccc32)CC12CCC2. The largest absolute Gasteiger partial charge is 0.420 e. The van der Waals surface area contributed by atoms with Crippen molar-refractivity contribution in [3.63, 3.8) is 0 Å². The van der Waals surface area contributed by atoms with Crippen molar-refractivity contribution in [2.45, 2.75) is 52.1 Å². The minimum absolute atomic E-state index is 0.0467. The first-order valence-electron chi connectivity index (χ1n) is 10.8. The van der Waals surface area contributed by atoms with Crippen LogP contribution in [0.4, 0.5) is 0 Å². The van der Waals surface area contributed by atoms with Gasteiger partial charge in [0, 0.05) is 36.6 Å². The summed E-state index contributed by atoms with van der Waals surface area (Å²) < 4.78 is 8.81. The van der Waals surface area contributed by atoms with E-state index in [0.717, 1.165) is 25.2 Å². The van der Waals surface area contributed by atoms with Gasteiger partial charge in [0.05, 0.1) is 5.52 Å². The zero-order valence-corrected chi connectivity index (χ0v) is 18.5. The molecule has 1 aliphatic heterocycles. The first kappa shape index (κ1) is 20.3. The number of rotatable bonds is 5. The van der Waals surface area contributed by atoms with E-state index in [1.807, 2.05) is 4.90 Å². The second kappa shape index (κ2) is 7.51. The van der Waals surface area contributed by atoms with Crippen LogP contribution in [-0.4, -0.2) is 43.2 Å². The number of hydrogen-bond acceptors (Lipinski definition) is 5. The van der Waals surface area contributed by atoms with Gasteiger partial charge in [-0.3, -0.25) is 9.36 Å². The number of nitrogens with zero attached hydrogens (tertiary/aromatic N) is 5. The molecule has 2 aliphatic rings. The van der Waals surface area contributed by atoms with Crippen LogP contribution in [0.5, 0.6) is 0 Å². The summed E-state index contributed by atoms with van der Waals surface area (Å²) in [4.78, 5) is 27.5. The van der Waals surface area contributed by atoms with Gasteiger partial charge < -0.3 is 13.9 Å². The minimum atomic E-state index is -0.545. The predicted octanol–water partition coefficient (Wildman–Crippen LogP) is 3.29. The Morgan fingerprint density at radius 1 is 1.35 bits per heavy atom. The maximum absolute atomic E-state index is 13.2. The average molecular weight is 444 g/mol. The van der Waals surface area contributed by atoms with Gasteiger partial charge >= 0.3 is 5.76 Å². The Hall–Kier alpha value is -2.61. The van der Waals surface area contributed by atoms with Crippen molar-refractivity contribution in [2.24, 2.45) is 11.3 Å². The molecule has 2 aromatic heterocycles. The molecule has 3 heterocycles. The third-order valence-electron chi connectivity index (χ3n) is 6.79. The van der Waals surface area contributed by atoms with E-state index in [1.54, 1.807) is 24.5 Å². The normalized spacial score (nSPS) is 20.1. The number of fused-ring (bicyclic) bond motifs is 1. The molecule has 8 nitrogen and oxygen atoms in total. The van der Waals surface area contributed by atoms with E-state index in [4.69, 9.17) is 16.0 Å². The van der Waals surface area contributed by atoms with Crippen LogP contribution < -0.4 is 5.76 Å². The molecule has 1 aromatic carbocycles. The number of amides is 1. The van der Waals surface area contributed by atoms with Gasteiger partial charge in [0.1, 0.15) is 18.7 Å². The lowest BCUT2D eigenvalue weighted by Gasteiger charge is -2.42. The van der Waals surface area contributed by atoms with Crippen molar-refractivity contribution >= 4 is 28.6 Å². The van der Waals surface area contributed by atoms with Crippen molar-refractivity contribution < 1.29 is 9.21 Å². The van der Waals surface area contributed by atoms with Gasteiger partial charge in [-0.2, -0.15) is 0 Å². The number of benzene rings is 1. The van der Waals surface area contributed by atoms with E-state index in [1.165, 1.54) is 11.0 Å². The van der Waals surface area contributed by atoms with Crippen LogP contribution in [-0.2, 0) is 17.9 Å². The molecule has 5 rings (SSSR count). The fourth-order valence-corrected chi connectivity index (χ4v) is 5.31. The van der Waals surface area contributed by atoms with Crippen molar-refractivity contribution in [1.82, 2.24) is 24.2 Å². The van der Waals surface area contributed by atoms with Crippen molar-refractivity contribution in [1.29, 1.82) is 0 Å². The number of aromatic nitrogens is 4. The van der Waals surface area contributed by atoms with E-state index in [2.05, 4.69) is 28.6 Å². The number of oxazole rings is 1. The quantitative estimate of drug-likeness (QED) is 0.604. The molecule has 1 saturated carbocycles. The predicted molar refractivity (Wildman–Crippen MR) is 116 cm³/mol. The molecule has 0 N–H and O–H groups in total. The number of likely N-dealkylation sites (tertiary alicyclic amines) is 1. The molecular weight excluding hydrogens is 418 g/mol. The van der Waals surface area contributed by atoms with Gasteiger partial charge in [0.15, 0.2) is 5.58 Å². The Morgan fingerprint density at radius 2 is 2.16 bits per heavy atom. The van der Waals surface area contributed by atoms with Crippen molar-refractivity contribution in [2.75, 3.05) is 13.1 Å². The standard InChI is InChI=1S/C22H26ClN5O3/c1-14(2)9-27-13-24-25-20(27)16-10-26(12-22(16)6-3-7-22)19(29)11-28-17-5-4-15(23)8-18(17)31-21(28)30/h4-5,8,13-14,16H,3,6-7,9-12H2,1-2H3. The summed E-state index contributed by atoms with van der Waals surface area (Å²) in [7, 11) is 0. The zero-order valence-electron chi connectivity index (χ0n) is 17.8. The molecule has 3 aromatic rings. The van der Waals surface area contributed by atoms with E-state index >= 15 is 0 Å². The third-order valence-corrected chi connectivity index (χ3v) is 7.03. The number of halogens is 1. The van der Waals surface area contributed by atoms with E-state index in [-0.39, 0.29) is 23.8 Å².